The zero-order valence-corrected chi connectivity index (χ0v) is 15.9. The molecule has 0 aliphatic rings. The second-order valence-electron chi connectivity index (χ2n) is 5.54. The van der Waals surface area contributed by atoms with Crippen LogP contribution < -0.4 is 4.74 Å². The average molecular weight is 436 g/mol. The Hall–Kier alpha value is -1.39. The van der Waals surface area contributed by atoms with E-state index in [0.717, 1.165) is 13.1 Å². The normalized spacial score (nSPS) is 12.7. The van der Waals surface area contributed by atoms with Crippen molar-refractivity contribution >= 4 is 35.4 Å². The molecule has 4 nitrogen and oxygen atoms in total. The van der Waals surface area contributed by atoms with Crippen LogP contribution >= 0.6 is 35.4 Å². The molecule has 0 fully saturated rings. The van der Waals surface area contributed by atoms with Crippen LogP contribution in [-0.4, -0.2) is 26.6 Å². The third-order valence-electron chi connectivity index (χ3n) is 3.17. The molecule has 1 aromatic heterocycles. The first-order valence-electron chi connectivity index (χ1n) is 7.04. The van der Waals surface area contributed by atoms with Crippen molar-refractivity contribution in [3.05, 3.63) is 32.8 Å². The van der Waals surface area contributed by atoms with E-state index in [0.29, 0.717) is 9.25 Å². The van der Waals surface area contributed by atoms with Gasteiger partial charge in [-0.25, -0.2) is 4.68 Å². The van der Waals surface area contributed by atoms with Crippen LogP contribution in [0.15, 0.2) is 12.1 Å². The topological polar surface area (TPSA) is 32.0 Å². The van der Waals surface area contributed by atoms with E-state index in [1.807, 2.05) is 0 Å². The Bertz CT molecular complexity index is 892. The fraction of sp³-hybridized carbons (Fsp3) is 0.429. The first-order valence-corrected chi connectivity index (χ1v) is 8.21. The molecule has 0 radical (unpaired) electrons. The number of nitrogens with zero attached hydrogens (tertiary/aromatic N) is 3. The summed E-state index contributed by atoms with van der Waals surface area (Å²) in [6, 6.07) is 2.30. The highest BCUT2D eigenvalue weighted by molar-refractivity contribution is 7.71. The molecule has 144 valence electrons. The number of halogens is 7. The zero-order valence-electron chi connectivity index (χ0n) is 13.5. The molecule has 0 saturated carbocycles. The van der Waals surface area contributed by atoms with Gasteiger partial charge in [0, 0.05) is 13.1 Å². The fourth-order valence-corrected chi connectivity index (χ4v) is 2.71. The predicted octanol–water partition coefficient (Wildman–Crippen LogP) is 5.69. The molecule has 0 amide bonds. The van der Waals surface area contributed by atoms with Gasteiger partial charge in [-0.3, -0.25) is 4.57 Å². The SMILES string of the molecule is CC(C)Oc1cc(Cl)c(-n2c(C(F)(F)C(F)(F)F)nn(C)c2=S)cc1Cl. The Morgan fingerprint density at radius 2 is 1.69 bits per heavy atom. The van der Waals surface area contributed by atoms with E-state index < -0.39 is 22.7 Å². The van der Waals surface area contributed by atoms with Crippen LogP contribution in [0.3, 0.4) is 0 Å². The summed E-state index contributed by atoms with van der Waals surface area (Å²) in [6.07, 6.45) is -6.14. The van der Waals surface area contributed by atoms with Crippen LogP contribution in [0, 0.1) is 4.77 Å². The Kier molecular flexibility index (Phi) is 5.61. The number of benzene rings is 1. The van der Waals surface area contributed by atoms with Crippen LogP contribution in [0.2, 0.25) is 10.0 Å². The van der Waals surface area contributed by atoms with Gasteiger partial charge in [0.15, 0.2) is 0 Å². The molecule has 0 aliphatic heterocycles. The summed E-state index contributed by atoms with van der Waals surface area (Å²) >= 11 is 17.0. The van der Waals surface area contributed by atoms with E-state index in [1.165, 1.54) is 6.07 Å². The Labute approximate surface area is 160 Å². The number of alkyl halides is 5. The van der Waals surface area contributed by atoms with Crippen molar-refractivity contribution in [3.63, 3.8) is 0 Å². The minimum Gasteiger partial charge on any atom is -0.489 e. The van der Waals surface area contributed by atoms with Gasteiger partial charge >= 0.3 is 12.1 Å². The molecular formula is C14H12Cl2F5N3OS. The lowest BCUT2D eigenvalue weighted by Gasteiger charge is -2.20. The summed E-state index contributed by atoms with van der Waals surface area (Å²) in [5.41, 5.74) is -0.273. The van der Waals surface area contributed by atoms with Crippen molar-refractivity contribution in [2.24, 2.45) is 7.05 Å². The molecule has 0 unspecified atom stereocenters. The molecule has 1 heterocycles. The third kappa shape index (κ3) is 3.67. The minimum absolute atomic E-state index is 0.0369. The lowest BCUT2D eigenvalue weighted by molar-refractivity contribution is -0.293. The van der Waals surface area contributed by atoms with Crippen LogP contribution in [0.5, 0.6) is 5.75 Å². The average Bonchev–Trinajstić information content (AvgIpc) is 2.77. The minimum atomic E-state index is -5.87. The van der Waals surface area contributed by atoms with Crippen LogP contribution in [-0.2, 0) is 13.0 Å². The monoisotopic (exact) mass is 435 g/mol. The van der Waals surface area contributed by atoms with Gasteiger partial charge in [0.25, 0.3) is 0 Å². The highest BCUT2D eigenvalue weighted by Gasteiger charge is 2.62. The number of rotatable bonds is 4. The second-order valence-corrected chi connectivity index (χ2v) is 6.72. The van der Waals surface area contributed by atoms with E-state index in [1.54, 1.807) is 13.8 Å². The summed E-state index contributed by atoms with van der Waals surface area (Å²) in [4.78, 5) is 0. The first-order chi connectivity index (χ1) is 11.8. The predicted molar refractivity (Wildman–Crippen MR) is 89.1 cm³/mol. The molecule has 26 heavy (non-hydrogen) atoms. The van der Waals surface area contributed by atoms with E-state index in [4.69, 9.17) is 40.2 Å². The van der Waals surface area contributed by atoms with E-state index in [2.05, 4.69) is 5.10 Å². The first kappa shape index (κ1) is 20.9. The Balaban J connectivity index is 2.75. The highest BCUT2D eigenvalue weighted by Crippen LogP contribution is 2.45. The number of ether oxygens (including phenoxy) is 1. The van der Waals surface area contributed by atoms with Gasteiger partial charge in [0.1, 0.15) is 5.75 Å². The van der Waals surface area contributed by atoms with Crippen LogP contribution in [0.4, 0.5) is 22.0 Å². The maximum absolute atomic E-state index is 13.9. The van der Waals surface area contributed by atoms with Crippen molar-refractivity contribution in [2.45, 2.75) is 32.1 Å². The van der Waals surface area contributed by atoms with Crippen molar-refractivity contribution in [1.29, 1.82) is 0 Å². The van der Waals surface area contributed by atoms with Gasteiger partial charge in [0.05, 0.1) is 21.8 Å². The third-order valence-corrected chi connectivity index (χ3v) is 4.21. The largest absolute Gasteiger partial charge is 0.489 e. The lowest BCUT2D eigenvalue weighted by atomic mass is 10.2. The number of hydrogen-bond donors (Lipinski definition) is 0. The summed E-state index contributed by atoms with van der Waals surface area (Å²) in [6.45, 7) is 3.44. The summed E-state index contributed by atoms with van der Waals surface area (Å²) in [7, 11) is 1.14. The van der Waals surface area contributed by atoms with Gasteiger partial charge in [-0.1, -0.05) is 23.2 Å². The molecule has 0 saturated heterocycles. The van der Waals surface area contributed by atoms with E-state index in [9.17, 15) is 22.0 Å². The summed E-state index contributed by atoms with van der Waals surface area (Å²) < 4.78 is 72.4. The highest BCUT2D eigenvalue weighted by atomic mass is 35.5. The zero-order chi connectivity index (χ0) is 20.0. The maximum atomic E-state index is 13.9. The van der Waals surface area contributed by atoms with Gasteiger partial charge in [-0.2, -0.15) is 22.0 Å². The molecule has 0 bridgehead atoms. The quantitative estimate of drug-likeness (QED) is 0.456. The van der Waals surface area contributed by atoms with Crippen molar-refractivity contribution in [2.75, 3.05) is 0 Å². The van der Waals surface area contributed by atoms with Gasteiger partial charge in [-0.15, -0.1) is 5.10 Å². The molecule has 0 aliphatic carbocycles. The van der Waals surface area contributed by atoms with E-state index >= 15 is 0 Å². The molecule has 2 aromatic rings. The Morgan fingerprint density at radius 1 is 1.12 bits per heavy atom. The number of aromatic nitrogens is 3. The van der Waals surface area contributed by atoms with Crippen LogP contribution in [0.25, 0.3) is 5.69 Å². The standard InChI is InChI=1S/C14H12Cl2F5N3OS/c1-6(2)25-10-5-7(15)9(4-8(10)16)24-11(22-23(3)12(24)26)13(17,18)14(19,20)21/h4-6H,1-3H3. The lowest BCUT2D eigenvalue weighted by Crippen LogP contribution is -2.36. The van der Waals surface area contributed by atoms with Gasteiger partial charge < -0.3 is 4.74 Å². The van der Waals surface area contributed by atoms with E-state index in [-0.39, 0.29) is 27.6 Å². The molecule has 1 aromatic carbocycles. The smallest absolute Gasteiger partial charge is 0.461 e. The van der Waals surface area contributed by atoms with Crippen LogP contribution in [0.1, 0.15) is 19.7 Å². The number of aryl methyl sites for hydroxylation is 1. The van der Waals surface area contributed by atoms with Crippen molar-refractivity contribution in [1.82, 2.24) is 14.3 Å². The molecule has 12 heteroatoms. The molecule has 0 spiro atoms. The summed E-state index contributed by atoms with van der Waals surface area (Å²) in [5.74, 6) is -6.73. The molecule has 2 rings (SSSR count). The molecule has 0 N–H and O–H groups in total. The van der Waals surface area contributed by atoms with Gasteiger partial charge in [0.2, 0.25) is 10.6 Å². The maximum Gasteiger partial charge on any atom is 0.461 e. The molecular weight excluding hydrogens is 424 g/mol. The second kappa shape index (κ2) is 6.97. The van der Waals surface area contributed by atoms with Crippen molar-refractivity contribution < 1.29 is 26.7 Å². The molecule has 0 atom stereocenters. The van der Waals surface area contributed by atoms with Crippen molar-refractivity contribution in [3.8, 4) is 11.4 Å². The van der Waals surface area contributed by atoms with Gasteiger partial charge in [-0.05, 0) is 32.1 Å². The number of hydrogen-bond acceptors (Lipinski definition) is 3. The fourth-order valence-electron chi connectivity index (χ4n) is 2.05. The summed E-state index contributed by atoms with van der Waals surface area (Å²) in [5, 5.41) is 3.02. The Morgan fingerprint density at radius 3 is 2.19 bits per heavy atom.